The van der Waals surface area contributed by atoms with Crippen LogP contribution in [0.1, 0.15) is 87.7 Å². The zero-order valence-electron chi connectivity index (χ0n) is 24.1. The lowest BCUT2D eigenvalue weighted by Gasteiger charge is -2.29. The molecular weight excluding hydrogens is 484 g/mol. The van der Waals surface area contributed by atoms with E-state index in [1.54, 1.807) is 0 Å². The van der Waals surface area contributed by atoms with Crippen molar-refractivity contribution < 1.29 is 9.53 Å². The Labute approximate surface area is 233 Å². The van der Waals surface area contributed by atoms with Crippen molar-refractivity contribution >= 4 is 17.3 Å². The quantitative estimate of drug-likeness (QED) is 0.323. The molecule has 2 aliphatic rings. The van der Waals surface area contributed by atoms with Gasteiger partial charge in [-0.15, -0.1) is 5.92 Å². The van der Waals surface area contributed by atoms with Crippen molar-refractivity contribution in [1.29, 1.82) is 0 Å². The molecule has 6 nitrogen and oxygen atoms in total. The van der Waals surface area contributed by atoms with Gasteiger partial charge in [0.1, 0.15) is 5.75 Å². The number of allylic oxidation sites excluding steroid dienone is 1. The number of carbonyl (C=O) groups is 1. The molecule has 1 fully saturated rings. The normalized spacial score (nSPS) is 17.5. The topological polar surface area (TPSA) is 66.0 Å². The van der Waals surface area contributed by atoms with Gasteiger partial charge in [0.05, 0.1) is 17.7 Å². The van der Waals surface area contributed by atoms with E-state index in [2.05, 4.69) is 66.7 Å². The number of amides is 2. The summed E-state index contributed by atoms with van der Waals surface area (Å²) in [6.07, 6.45) is 5.69. The summed E-state index contributed by atoms with van der Waals surface area (Å²) < 4.78 is 5.96. The van der Waals surface area contributed by atoms with Crippen molar-refractivity contribution in [3.05, 3.63) is 70.4 Å². The zero-order valence-corrected chi connectivity index (χ0v) is 24.1. The third-order valence-corrected chi connectivity index (χ3v) is 7.35. The second-order valence-corrected chi connectivity index (χ2v) is 10.3. The van der Waals surface area contributed by atoms with Crippen LogP contribution in [0, 0.1) is 11.8 Å². The Morgan fingerprint density at radius 3 is 2.69 bits per heavy atom. The Bertz CT molecular complexity index is 1290. The molecule has 2 aromatic rings. The van der Waals surface area contributed by atoms with Crippen molar-refractivity contribution in [1.82, 2.24) is 15.5 Å². The maximum Gasteiger partial charge on any atom is 0.317 e. The molecule has 1 atom stereocenters. The standard InChI is InChI=1S/C33H42N4O2/c1-6-10-26-21-25(13-16-32(26)39-23(4)5)30(8-3)35-22-24(7-2)27-11-9-12-29-28(27)14-15-31(29)36-33(38)37-19-17-34-18-20-37/h9,11-13,16,21-23,31,34H,7-8,14-15,17-20H2,1-5H3,(H,36,38). The van der Waals surface area contributed by atoms with Gasteiger partial charge in [0.15, 0.2) is 0 Å². The molecule has 2 N–H and O–H groups in total. The van der Waals surface area contributed by atoms with E-state index in [9.17, 15) is 4.79 Å². The molecule has 206 valence electrons. The largest absolute Gasteiger partial charge is 0.490 e. The fourth-order valence-electron chi connectivity index (χ4n) is 5.39. The first-order valence-electron chi connectivity index (χ1n) is 14.3. The third kappa shape index (κ3) is 6.91. The smallest absolute Gasteiger partial charge is 0.317 e. The molecule has 0 bridgehead atoms. The molecular formula is C33H42N4O2. The summed E-state index contributed by atoms with van der Waals surface area (Å²) in [5.41, 5.74) is 7.99. The summed E-state index contributed by atoms with van der Waals surface area (Å²) in [4.78, 5) is 19.8. The van der Waals surface area contributed by atoms with Gasteiger partial charge in [0, 0.05) is 38.1 Å². The highest BCUT2D eigenvalue weighted by atomic mass is 16.5. The van der Waals surface area contributed by atoms with Gasteiger partial charge in [-0.1, -0.05) is 38.0 Å². The number of benzene rings is 2. The van der Waals surface area contributed by atoms with Crippen molar-refractivity contribution in [3.63, 3.8) is 0 Å². The first kappa shape index (κ1) is 28.4. The first-order chi connectivity index (χ1) is 18.9. The van der Waals surface area contributed by atoms with Gasteiger partial charge in [0.25, 0.3) is 0 Å². The SMILES string of the molecule is CC#Cc1cc(C(CC)=NC=C(CC)c2cccc3c2CCC3NC(=O)N2CCNCC2)ccc1OC(C)C. The van der Waals surface area contributed by atoms with Crippen molar-refractivity contribution in [3.8, 4) is 17.6 Å². The van der Waals surface area contributed by atoms with Crippen LogP contribution in [-0.2, 0) is 6.42 Å². The lowest BCUT2D eigenvalue weighted by Crippen LogP contribution is -2.50. The molecule has 0 spiro atoms. The highest BCUT2D eigenvalue weighted by molar-refractivity contribution is 6.01. The molecule has 1 aliphatic carbocycles. The molecule has 2 amide bonds. The molecule has 4 rings (SSSR count). The number of hydrogen-bond acceptors (Lipinski definition) is 4. The molecule has 1 aliphatic heterocycles. The molecule has 1 unspecified atom stereocenters. The van der Waals surface area contributed by atoms with Crippen LogP contribution in [0.3, 0.4) is 0 Å². The number of carbonyl (C=O) groups excluding carboxylic acids is 1. The van der Waals surface area contributed by atoms with Crippen LogP contribution in [0.4, 0.5) is 4.79 Å². The number of rotatable bonds is 8. The highest BCUT2D eigenvalue weighted by Crippen LogP contribution is 2.37. The summed E-state index contributed by atoms with van der Waals surface area (Å²) in [5, 5.41) is 6.60. The maximum absolute atomic E-state index is 12.9. The molecule has 0 radical (unpaired) electrons. The minimum Gasteiger partial charge on any atom is -0.490 e. The second-order valence-electron chi connectivity index (χ2n) is 10.3. The summed E-state index contributed by atoms with van der Waals surface area (Å²) in [6, 6.07) is 12.7. The van der Waals surface area contributed by atoms with E-state index >= 15 is 0 Å². The lowest BCUT2D eigenvalue weighted by molar-refractivity contribution is 0.186. The van der Waals surface area contributed by atoms with Crippen molar-refractivity contribution in [2.45, 2.75) is 72.4 Å². The number of nitrogens with zero attached hydrogens (tertiary/aromatic N) is 2. The van der Waals surface area contributed by atoms with Crippen LogP contribution in [0.15, 0.2) is 47.6 Å². The number of aliphatic imine (C=N–C) groups is 1. The van der Waals surface area contributed by atoms with E-state index in [-0.39, 0.29) is 18.2 Å². The Morgan fingerprint density at radius 1 is 1.21 bits per heavy atom. The average Bonchev–Trinajstić information content (AvgIpc) is 3.35. The molecule has 6 heteroatoms. The molecule has 1 heterocycles. The number of piperazine rings is 1. The Morgan fingerprint density at radius 2 is 2.00 bits per heavy atom. The van der Waals surface area contributed by atoms with E-state index < -0.39 is 0 Å². The molecule has 1 saturated heterocycles. The fourth-order valence-corrected chi connectivity index (χ4v) is 5.39. The van der Waals surface area contributed by atoms with Gasteiger partial charge < -0.3 is 20.3 Å². The van der Waals surface area contributed by atoms with E-state index in [1.165, 1.54) is 22.3 Å². The molecule has 0 saturated carbocycles. The number of nitrogens with one attached hydrogen (secondary N) is 2. The van der Waals surface area contributed by atoms with Crippen molar-refractivity contribution in [2.75, 3.05) is 26.2 Å². The van der Waals surface area contributed by atoms with Crippen LogP contribution in [0.5, 0.6) is 5.75 Å². The fraction of sp³-hybridized carbons (Fsp3) is 0.455. The minimum absolute atomic E-state index is 0.0418. The number of urea groups is 1. The van der Waals surface area contributed by atoms with Crippen molar-refractivity contribution in [2.24, 2.45) is 4.99 Å². The zero-order chi connectivity index (χ0) is 27.8. The molecule has 2 aromatic carbocycles. The van der Waals surface area contributed by atoms with Crippen LogP contribution in [0.2, 0.25) is 0 Å². The van der Waals surface area contributed by atoms with E-state index in [4.69, 9.17) is 9.73 Å². The monoisotopic (exact) mass is 526 g/mol. The maximum atomic E-state index is 12.9. The number of hydrogen-bond donors (Lipinski definition) is 2. The molecule has 0 aromatic heterocycles. The predicted molar refractivity (Wildman–Crippen MR) is 160 cm³/mol. The van der Waals surface area contributed by atoms with Gasteiger partial charge in [-0.2, -0.15) is 0 Å². The lowest BCUT2D eigenvalue weighted by atomic mass is 9.95. The van der Waals surface area contributed by atoms with Crippen LogP contribution in [0.25, 0.3) is 5.57 Å². The van der Waals surface area contributed by atoms with Gasteiger partial charge in [-0.3, -0.25) is 4.99 Å². The Kier molecular flexibility index (Phi) is 9.84. The first-order valence-corrected chi connectivity index (χ1v) is 14.3. The summed E-state index contributed by atoms with van der Waals surface area (Å²) in [6.45, 7) is 13.4. The summed E-state index contributed by atoms with van der Waals surface area (Å²) >= 11 is 0. The van der Waals surface area contributed by atoms with E-state index in [0.717, 1.165) is 74.5 Å². The third-order valence-electron chi connectivity index (χ3n) is 7.35. The van der Waals surface area contributed by atoms with Crippen LogP contribution in [-0.4, -0.2) is 48.9 Å². The second kappa shape index (κ2) is 13.5. The van der Waals surface area contributed by atoms with Gasteiger partial charge in [-0.05, 0) is 92.5 Å². The minimum atomic E-state index is 0.0418. The number of fused-ring (bicyclic) bond motifs is 1. The number of ether oxygens (including phenoxy) is 1. The van der Waals surface area contributed by atoms with Gasteiger partial charge >= 0.3 is 6.03 Å². The van der Waals surface area contributed by atoms with Crippen LogP contribution >= 0.6 is 0 Å². The van der Waals surface area contributed by atoms with E-state index in [1.807, 2.05) is 37.9 Å². The van der Waals surface area contributed by atoms with E-state index in [0.29, 0.717) is 0 Å². The summed E-state index contributed by atoms with van der Waals surface area (Å²) in [5.74, 6) is 7.00. The van der Waals surface area contributed by atoms with Gasteiger partial charge in [-0.25, -0.2) is 4.79 Å². The van der Waals surface area contributed by atoms with Gasteiger partial charge in [0.2, 0.25) is 0 Å². The predicted octanol–water partition coefficient (Wildman–Crippen LogP) is 6.10. The van der Waals surface area contributed by atoms with Crippen LogP contribution < -0.4 is 15.4 Å². The average molecular weight is 527 g/mol. The highest BCUT2D eigenvalue weighted by Gasteiger charge is 2.28. The summed E-state index contributed by atoms with van der Waals surface area (Å²) in [7, 11) is 0. The molecule has 39 heavy (non-hydrogen) atoms. The Hall–Kier alpha value is -3.56. The Balaban J connectivity index is 1.59.